The number of nitrogens with zero attached hydrogens (tertiary/aromatic N) is 2. The quantitative estimate of drug-likeness (QED) is 0.253. The first-order valence-electron chi connectivity index (χ1n) is 11.4. The van der Waals surface area contributed by atoms with Gasteiger partial charge in [-0.15, -0.1) is 0 Å². The summed E-state index contributed by atoms with van der Waals surface area (Å²) in [5.41, 5.74) is 3.42. The predicted octanol–water partition coefficient (Wildman–Crippen LogP) is 5.93. The normalized spacial score (nSPS) is 11.0. The van der Waals surface area contributed by atoms with E-state index < -0.39 is 0 Å². The lowest BCUT2D eigenvalue weighted by atomic mass is 10.2. The van der Waals surface area contributed by atoms with Crippen molar-refractivity contribution in [1.29, 1.82) is 0 Å². The average molecular weight is 423 g/mol. The van der Waals surface area contributed by atoms with Crippen LogP contribution in [0.25, 0.3) is 11.0 Å². The molecule has 0 bridgehead atoms. The number of rotatable bonds is 13. The number of fused-ring (bicyclic) bond motifs is 1. The van der Waals surface area contributed by atoms with Crippen LogP contribution in [0.5, 0.6) is 5.75 Å². The summed E-state index contributed by atoms with van der Waals surface area (Å²) in [6.07, 6.45) is 7.75. The van der Waals surface area contributed by atoms with E-state index in [1.165, 1.54) is 25.5 Å². The molecule has 0 amide bonds. The molecule has 0 saturated heterocycles. The molecule has 3 aromatic rings. The molecule has 0 atom stereocenters. The van der Waals surface area contributed by atoms with Crippen molar-refractivity contribution in [3.8, 4) is 5.75 Å². The van der Waals surface area contributed by atoms with Gasteiger partial charge >= 0.3 is 5.97 Å². The first-order valence-corrected chi connectivity index (χ1v) is 11.4. The minimum atomic E-state index is -0.146. The number of ether oxygens (including phenoxy) is 2. The van der Waals surface area contributed by atoms with Crippen LogP contribution in [-0.4, -0.2) is 29.2 Å². The molecule has 0 fully saturated rings. The summed E-state index contributed by atoms with van der Waals surface area (Å²) in [5, 5.41) is 0. The number of benzene rings is 2. The Morgan fingerprint density at radius 2 is 1.84 bits per heavy atom. The largest absolute Gasteiger partial charge is 0.494 e. The Hall–Kier alpha value is -2.82. The summed E-state index contributed by atoms with van der Waals surface area (Å²) in [5.74, 6) is 1.87. The van der Waals surface area contributed by atoms with Crippen LogP contribution in [0.15, 0.2) is 48.5 Å². The van der Waals surface area contributed by atoms with E-state index in [0.29, 0.717) is 13.0 Å². The molecule has 0 spiro atoms. The number of esters is 1. The number of aryl methyl sites for hydroxylation is 1. The van der Waals surface area contributed by atoms with Crippen LogP contribution in [0, 0.1) is 0 Å². The van der Waals surface area contributed by atoms with Crippen molar-refractivity contribution in [1.82, 2.24) is 9.55 Å². The van der Waals surface area contributed by atoms with Gasteiger partial charge in [-0.05, 0) is 43.4 Å². The lowest BCUT2D eigenvalue weighted by molar-refractivity contribution is -0.140. The van der Waals surface area contributed by atoms with Crippen LogP contribution < -0.4 is 4.74 Å². The van der Waals surface area contributed by atoms with Gasteiger partial charge in [0.05, 0.1) is 24.8 Å². The van der Waals surface area contributed by atoms with Gasteiger partial charge in [0.1, 0.15) is 11.6 Å². The summed E-state index contributed by atoms with van der Waals surface area (Å²) in [6, 6.07) is 16.7. The van der Waals surface area contributed by atoms with Crippen LogP contribution in [0.1, 0.15) is 63.3 Å². The molecule has 166 valence electrons. The number of carbonyl (C=O) groups is 1. The Morgan fingerprint density at radius 3 is 2.61 bits per heavy atom. The Balaban J connectivity index is 1.69. The maximum absolute atomic E-state index is 11.2. The second-order valence-electron chi connectivity index (χ2n) is 7.94. The second-order valence-corrected chi connectivity index (χ2v) is 7.94. The van der Waals surface area contributed by atoms with Crippen LogP contribution in [0.3, 0.4) is 0 Å². The van der Waals surface area contributed by atoms with Crippen LogP contribution in [0.2, 0.25) is 0 Å². The molecule has 2 aromatic carbocycles. The fourth-order valence-electron chi connectivity index (χ4n) is 3.75. The molecule has 1 aromatic heterocycles. The van der Waals surface area contributed by atoms with Gasteiger partial charge < -0.3 is 14.0 Å². The van der Waals surface area contributed by atoms with Gasteiger partial charge in [0, 0.05) is 25.5 Å². The smallest absolute Gasteiger partial charge is 0.305 e. The summed E-state index contributed by atoms with van der Waals surface area (Å²) >= 11 is 0. The van der Waals surface area contributed by atoms with E-state index >= 15 is 0 Å². The van der Waals surface area contributed by atoms with E-state index in [1.807, 2.05) is 6.07 Å². The van der Waals surface area contributed by atoms with Crippen molar-refractivity contribution in [2.24, 2.45) is 0 Å². The third-order valence-corrected chi connectivity index (χ3v) is 5.51. The van der Waals surface area contributed by atoms with Crippen LogP contribution in [0.4, 0.5) is 0 Å². The third-order valence-electron chi connectivity index (χ3n) is 5.51. The van der Waals surface area contributed by atoms with E-state index in [2.05, 4.69) is 58.7 Å². The highest BCUT2D eigenvalue weighted by Gasteiger charge is 2.12. The van der Waals surface area contributed by atoms with Crippen molar-refractivity contribution in [3.05, 3.63) is 59.9 Å². The number of methoxy groups -OCH3 is 1. The topological polar surface area (TPSA) is 53.4 Å². The number of hydrogen-bond donors (Lipinski definition) is 0. The molecule has 0 saturated carbocycles. The zero-order valence-electron chi connectivity index (χ0n) is 18.8. The molecule has 0 aliphatic rings. The molecule has 0 N–H and O–H groups in total. The first kappa shape index (κ1) is 22.9. The number of aromatic nitrogens is 2. The van der Waals surface area contributed by atoms with Crippen LogP contribution >= 0.6 is 0 Å². The monoisotopic (exact) mass is 422 g/mol. The zero-order chi connectivity index (χ0) is 21.9. The number of carbonyl (C=O) groups excluding carboxylic acids is 1. The van der Waals surface area contributed by atoms with Gasteiger partial charge in [0.25, 0.3) is 0 Å². The molecule has 31 heavy (non-hydrogen) atoms. The van der Waals surface area contributed by atoms with Crippen molar-refractivity contribution in [2.75, 3.05) is 13.7 Å². The Bertz CT molecular complexity index is 950. The lowest BCUT2D eigenvalue weighted by Crippen LogP contribution is -2.05. The highest BCUT2D eigenvalue weighted by Crippen LogP contribution is 2.24. The SMILES string of the molecule is CCCCCc1nc2ccc(OCCCCCC(=O)OC)cc2n1Cc1ccccc1. The van der Waals surface area contributed by atoms with E-state index in [4.69, 9.17) is 9.72 Å². The summed E-state index contributed by atoms with van der Waals surface area (Å²) in [6.45, 7) is 3.69. The van der Waals surface area contributed by atoms with E-state index in [-0.39, 0.29) is 5.97 Å². The third kappa shape index (κ3) is 6.84. The second kappa shape index (κ2) is 12.1. The van der Waals surface area contributed by atoms with Crippen molar-refractivity contribution < 1.29 is 14.3 Å². The fourth-order valence-corrected chi connectivity index (χ4v) is 3.75. The standard InChI is InChI=1S/C26H34N2O3/c1-3-4-7-14-25-27-23-17-16-22(31-18-11-6-10-15-26(29)30-2)19-24(23)28(25)20-21-12-8-5-9-13-21/h5,8-9,12-13,16-17,19H,3-4,6-7,10-11,14-15,18,20H2,1-2H3. The average Bonchev–Trinajstić information content (AvgIpc) is 3.13. The fraction of sp³-hybridized carbons (Fsp3) is 0.462. The Kier molecular flexibility index (Phi) is 8.95. The molecular weight excluding hydrogens is 388 g/mol. The molecule has 5 heteroatoms. The summed E-state index contributed by atoms with van der Waals surface area (Å²) in [7, 11) is 1.43. The van der Waals surface area contributed by atoms with Crippen molar-refractivity contribution in [2.45, 2.75) is 64.8 Å². The molecule has 0 aliphatic heterocycles. The van der Waals surface area contributed by atoms with E-state index in [9.17, 15) is 4.79 Å². The van der Waals surface area contributed by atoms with Crippen molar-refractivity contribution in [3.63, 3.8) is 0 Å². The van der Waals surface area contributed by atoms with Gasteiger partial charge in [-0.3, -0.25) is 4.79 Å². The highest BCUT2D eigenvalue weighted by molar-refractivity contribution is 5.78. The molecular formula is C26H34N2O3. The van der Waals surface area contributed by atoms with Gasteiger partial charge in [0.2, 0.25) is 0 Å². The van der Waals surface area contributed by atoms with Crippen LogP contribution in [-0.2, 0) is 22.5 Å². The Morgan fingerprint density at radius 1 is 1.00 bits per heavy atom. The molecule has 0 radical (unpaired) electrons. The minimum absolute atomic E-state index is 0.146. The van der Waals surface area contributed by atoms with E-state index in [0.717, 1.165) is 61.3 Å². The number of unbranched alkanes of at least 4 members (excludes halogenated alkanes) is 4. The van der Waals surface area contributed by atoms with Gasteiger partial charge in [0.15, 0.2) is 0 Å². The predicted molar refractivity (Wildman–Crippen MR) is 124 cm³/mol. The van der Waals surface area contributed by atoms with Crippen molar-refractivity contribution >= 4 is 17.0 Å². The maximum Gasteiger partial charge on any atom is 0.305 e. The number of hydrogen-bond acceptors (Lipinski definition) is 4. The molecule has 5 nitrogen and oxygen atoms in total. The first-order chi connectivity index (χ1) is 15.2. The number of imidazole rings is 1. The van der Waals surface area contributed by atoms with Gasteiger partial charge in [-0.2, -0.15) is 0 Å². The molecule has 0 unspecified atom stereocenters. The highest BCUT2D eigenvalue weighted by atomic mass is 16.5. The summed E-state index contributed by atoms with van der Waals surface area (Å²) < 4.78 is 13.0. The summed E-state index contributed by atoms with van der Waals surface area (Å²) in [4.78, 5) is 16.1. The minimum Gasteiger partial charge on any atom is -0.494 e. The molecule has 0 aliphatic carbocycles. The molecule has 1 heterocycles. The van der Waals surface area contributed by atoms with Gasteiger partial charge in [-0.25, -0.2) is 4.98 Å². The molecule has 3 rings (SSSR count). The Labute approximate surface area is 185 Å². The van der Waals surface area contributed by atoms with E-state index in [1.54, 1.807) is 0 Å². The lowest BCUT2D eigenvalue weighted by Gasteiger charge is -2.11. The van der Waals surface area contributed by atoms with Gasteiger partial charge in [-0.1, -0.05) is 50.1 Å². The zero-order valence-corrected chi connectivity index (χ0v) is 18.8. The maximum atomic E-state index is 11.2.